The molecule has 2 aromatic heterocycles. The molecule has 0 unspecified atom stereocenters. The summed E-state index contributed by atoms with van der Waals surface area (Å²) < 4.78 is 2.01. The molecular formula is C22H29ClN6O3. The van der Waals surface area contributed by atoms with E-state index in [9.17, 15) is 14.7 Å². The second-order valence-electron chi connectivity index (χ2n) is 9.47. The Hall–Kier alpha value is -2.65. The first-order valence-electron chi connectivity index (χ1n) is 10.8. The lowest BCUT2D eigenvalue weighted by Gasteiger charge is -2.35. The summed E-state index contributed by atoms with van der Waals surface area (Å²) in [6, 6.07) is 1.32. The van der Waals surface area contributed by atoms with Crippen LogP contribution in [0.2, 0.25) is 5.02 Å². The first-order chi connectivity index (χ1) is 15.1. The molecule has 3 N–H and O–H groups in total. The summed E-state index contributed by atoms with van der Waals surface area (Å²) in [5.41, 5.74) is 2.98. The molecule has 0 spiro atoms. The summed E-state index contributed by atoms with van der Waals surface area (Å²) in [5, 5.41) is 20.7. The number of hydrogen-bond donors (Lipinski definition) is 3. The minimum atomic E-state index is -0.556. The molecule has 2 aliphatic heterocycles. The van der Waals surface area contributed by atoms with Crippen molar-refractivity contribution in [3.63, 3.8) is 0 Å². The van der Waals surface area contributed by atoms with Gasteiger partial charge >= 0.3 is 6.03 Å². The number of fused-ring (bicyclic) bond motifs is 1. The summed E-state index contributed by atoms with van der Waals surface area (Å²) in [6.45, 7) is 7.98. The van der Waals surface area contributed by atoms with Gasteiger partial charge in [-0.25, -0.2) is 9.78 Å². The van der Waals surface area contributed by atoms with Gasteiger partial charge in [-0.3, -0.25) is 14.8 Å². The van der Waals surface area contributed by atoms with E-state index in [1.165, 1.54) is 13.1 Å². The van der Waals surface area contributed by atoms with Gasteiger partial charge in [0.25, 0.3) is 0 Å². The van der Waals surface area contributed by atoms with Gasteiger partial charge in [-0.15, -0.1) is 0 Å². The van der Waals surface area contributed by atoms with Crippen molar-refractivity contribution in [2.75, 3.05) is 25.0 Å². The molecule has 2 aliphatic rings. The van der Waals surface area contributed by atoms with Crippen molar-refractivity contribution in [1.29, 1.82) is 0 Å². The number of nitrogens with one attached hydrogen (secondary N) is 2. The van der Waals surface area contributed by atoms with Crippen molar-refractivity contribution < 1.29 is 14.7 Å². The highest BCUT2D eigenvalue weighted by Crippen LogP contribution is 2.39. The molecule has 4 rings (SSSR count). The molecule has 2 atom stereocenters. The number of anilines is 1. The maximum Gasteiger partial charge on any atom is 0.320 e. The lowest BCUT2D eigenvalue weighted by atomic mass is 9.89. The van der Waals surface area contributed by atoms with Gasteiger partial charge in [-0.2, -0.15) is 5.10 Å². The zero-order valence-electron chi connectivity index (χ0n) is 18.6. The topological polar surface area (TPSA) is 112 Å². The van der Waals surface area contributed by atoms with Gasteiger partial charge < -0.3 is 15.3 Å². The summed E-state index contributed by atoms with van der Waals surface area (Å²) in [7, 11) is 0. The van der Waals surface area contributed by atoms with Gasteiger partial charge in [-0.1, -0.05) is 25.4 Å². The third-order valence-corrected chi connectivity index (χ3v) is 6.52. The van der Waals surface area contributed by atoms with Crippen molar-refractivity contribution in [3.05, 3.63) is 29.2 Å². The highest BCUT2D eigenvalue weighted by atomic mass is 35.5. The number of nitrogens with zero attached hydrogens (tertiary/aromatic N) is 4. The number of rotatable bonds is 4. The summed E-state index contributed by atoms with van der Waals surface area (Å²) in [4.78, 5) is 30.0. The van der Waals surface area contributed by atoms with Crippen LogP contribution < -0.4 is 10.6 Å². The Morgan fingerprint density at radius 3 is 2.84 bits per heavy atom. The van der Waals surface area contributed by atoms with Crippen LogP contribution >= 0.6 is 11.6 Å². The number of amides is 3. The number of pyridine rings is 1. The molecule has 0 aliphatic carbocycles. The van der Waals surface area contributed by atoms with Crippen LogP contribution in [-0.4, -0.2) is 62.4 Å². The van der Waals surface area contributed by atoms with E-state index >= 15 is 0 Å². The fourth-order valence-corrected chi connectivity index (χ4v) is 4.68. The maximum atomic E-state index is 12.5. The number of likely N-dealkylation sites (tertiary alicyclic amines) is 1. The number of halogens is 1. The van der Waals surface area contributed by atoms with Gasteiger partial charge in [-0.05, 0) is 24.3 Å². The number of carbonyl (C=O) groups is 2. The highest BCUT2D eigenvalue weighted by molar-refractivity contribution is 6.33. The van der Waals surface area contributed by atoms with Gasteiger partial charge in [0.2, 0.25) is 5.91 Å². The van der Waals surface area contributed by atoms with Crippen LogP contribution in [0.1, 0.15) is 32.9 Å². The van der Waals surface area contributed by atoms with Gasteiger partial charge in [0, 0.05) is 62.0 Å². The molecule has 2 aromatic rings. The standard InChI is InChI=1S/C22H29ClN6O3/c1-13(30)28-5-4-19(31)14(11-28)8-25-21(32)27-20-6-15(17(23)10-24-20)16-9-26-29-12-22(2,3)7-18(16)29/h6,9-10,14,19,31H,4-5,7-8,11-12H2,1-3H3,(H2,24,25,27,32)/t14-,19+/m1/s1. The molecule has 32 heavy (non-hydrogen) atoms. The molecule has 4 heterocycles. The van der Waals surface area contributed by atoms with Crippen molar-refractivity contribution in [2.45, 2.75) is 46.3 Å². The average molecular weight is 461 g/mol. The number of carbonyl (C=O) groups excluding carboxylic acids is 2. The highest BCUT2D eigenvalue weighted by Gasteiger charge is 2.32. The Bertz CT molecular complexity index is 1040. The zero-order chi connectivity index (χ0) is 23.0. The SMILES string of the molecule is CC(=O)N1CC[C@H](O)[C@H](CNC(=O)Nc2cc(-c3cnn4c3CC(C)(C)C4)c(Cl)cn2)C1. The van der Waals surface area contributed by atoms with Gasteiger partial charge in [0.05, 0.1) is 17.3 Å². The number of hydrogen-bond acceptors (Lipinski definition) is 5. The second-order valence-corrected chi connectivity index (χ2v) is 9.88. The van der Waals surface area contributed by atoms with E-state index in [0.29, 0.717) is 30.4 Å². The van der Waals surface area contributed by atoms with Gasteiger partial charge in [0.15, 0.2) is 0 Å². The Kier molecular flexibility index (Phi) is 6.13. The Balaban J connectivity index is 1.42. The molecule has 9 nitrogen and oxygen atoms in total. The Labute approximate surface area is 192 Å². The minimum Gasteiger partial charge on any atom is -0.393 e. The molecule has 10 heteroatoms. The number of aliphatic hydroxyl groups is 1. The van der Waals surface area contributed by atoms with Crippen molar-refractivity contribution >= 4 is 29.4 Å². The smallest absolute Gasteiger partial charge is 0.320 e. The molecule has 0 saturated carbocycles. The van der Waals surface area contributed by atoms with Crippen LogP contribution in [0.15, 0.2) is 18.5 Å². The van der Waals surface area contributed by atoms with E-state index < -0.39 is 12.1 Å². The fourth-order valence-electron chi connectivity index (χ4n) is 4.48. The summed E-state index contributed by atoms with van der Waals surface area (Å²) >= 11 is 6.43. The number of urea groups is 1. The second kappa shape index (κ2) is 8.71. The molecule has 0 bridgehead atoms. The van der Waals surface area contributed by atoms with E-state index in [1.807, 2.05) is 4.68 Å². The lowest BCUT2D eigenvalue weighted by Crippen LogP contribution is -2.49. The molecular weight excluding hydrogens is 432 g/mol. The third-order valence-electron chi connectivity index (χ3n) is 6.22. The Morgan fingerprint density at radius 1 is 1.31 bits per heavy atom. The molecule has 172 valence electrons. The maximum absolute atomic E-state index is 12.5. The molecule has 1 saturated heterocycles. The van der Waals surface area contributed by atoms with E-state index in [4.69, 9.17) is 11.6 Å². The first kappa shape index (κ1) is 22.5. The van der Waals surface area contributed by atoms with Crippen LogP contribution in [0.4, 0.5) is 10.6 Å². The molecule has 0 aromatic carbocycles. The largest absolute Gasteiger partial charge is 0.393 e. The molecule has 1 fully saturated rings. The number of piperidine rings is 1. The van der Waals surface area contributed by atoms with Crippen molar-refractivity contribution in [1.82, 2.24) is 25.0 Å². The van der Waals surface area contributed by atoms with E-state index in [1.54, 1.807) is 17.2 Å². The summed E-state index contributed by atoms with van der Waals surface area (Å²) in [5.74, 6) is 0.124. The normalized spacial score (nSPS) is 21.8. The van der Waals surface area contributed by atoms with Crippen LogP contribution in [0.25, 0.3) is 11.1 Å². The summed E-state index contributed by atoms with van der Waals surface area (Å²) in [6.07, 6.45) is 4.17. The van der Waals surface area contributed by atoms with Crippen LogP contribution in [0, 0.1) is 11.3 Å². The third kappa shape index (κ3) is 4.73. The van der Waals surface area contributed by atoms with Crippen LogP contribution in [0.3, 0.4) is 0 Å². The van der Waals surface area contributed by atoms with Crippen LogP contribution in [0.5, 0.6) is 0 Å². The predicted octanol–water partition coefficient (Wildman–Crippen LogP) is 2.53. The monoisotopic (exact) mass is 460 g/mol. The molecule has 3 amide bonds. The number of aliphatic hydroxyl groups excluding tert-OH is 1. The Morgan fingerprint density at radius 2 is 2.09 bits per heavy atom. The lowest BCUT2D eigenvalue weighted by molar-refractivity contribution is -0.132. The first-order valence-corrected chi connectivity index (χ1v) is 11.2. The van der Waals surface area contributed by atoms with Crippen molar-refractivity contribution in [3.8, 4) is 11.1 Å². The quantitative estimate of drug-likeness (QED) is 0.649. The molecule has 0 radical (unpaired) electrons. The van der Waals surface area contributed by atoms with E-state index in [2.05, 4.69) is 34.6 Å². The van der Waals surface area contributed by atoms with Crippen LogP contribution in [-0.2, 0) is 17.8 Å². The zero-order valence-corrected chi connectivity index (χ0v) is 19.3. The average Bonchev–Trinajstić information content (AvgIpc) is 3.23. The predicted molar refractivity (Wildman–Crippen MR) is 121 cm³/mol. The fraction of sp³-hybridized carbons (Fsp3) is 0.545. The number of aromatic nitrogens is 3. The van der Waals surface area contributed by atoms with Crippen molar-refractivity contribution in [2.24, 2.45) is 11.3 Å². The van der Waals surface area contributed by atoms with Gasteiger partial charge in [0.1, 0.15) is 5.82 Å². The van der Waals surface area contributed by atoms with E-state index in [-0.39, 0.29) is 23.8 Å². The van der Waals surface area contributed by atoms with E-state index in [0.717, 1.165) is 29.8 Å². The minimum absolute atomic E-state index is 0.0284.